The van der Waals surface area contributed by atoms with Crippen molar-refractivity contribution < 1.29 is 0 Å². The summed E-state index contributed by atoms with van der Waals surface area (Å²) < 4.78 is 4.21. The van der Waals surface area contributed by atoms with Crippen molar-refractivity contribution in [1.82, 2.24) is 14.3 Å². The lowest BCUT2D eigenvalue weighted by atomic mass is 9.82. The molecular formula is C20H25N3. The van der Waals surface area contributed by atoms with Gasteiger partial charge in [0.25, 0.3) is 0 Å². The quantitative estimate of drug-likeness (QED) is 0.578. The normalized spacial score (nSPS) is 22.5. The Bertz CT molecular complexity index is 717. The van der Waals surface area contributed by atoms with Crippen LogP contribution in [0, 0.1) is 5.92 Å². The molecule has 0 fully saturated rings. The summed E-state index contributed by atoms with van der Waals surface area (Å²) in [7, 11) is 1.98. The molecule has 23 heavy (non-hydrogen) atoms. The predicted molar refractivity (Wildman–Crippen MR) is 96.2 cm³/mol. The molecule has 0 spiro atoms. The summed E-state index contributed by atoms with van der Waals surface area (Å²) in [6.07, 6.45) is 21.5. The average Bonchev–Trinajstić information content (AvgIpc) is 3.21. The van der Waals surface area contributed by atoms with E-state index in [0.29, 0.717) is 17.9 Å². The van der Waals surface area contributed by atoms with E-state index in [4.69, 9.17) is 0 Å². The first-order valence-electron chi connectivity index (χ1n) is 8.31. The zero-order chi connectivity index (χ0) is 16.2. The van der Waals surface area contributed by atoms with Crippen molar-refractivity contribution in [3.05, 3.63) is 72.9 Å². The van der Waals surface area contributed by atoms with Gasteiger partial charge in [-0.15, -0.1) is 0 Å². The van der Waals surface area contributed by atoms with E-state index in [-0.39, 0.29) is 0 Å². The van der Waals surface area contributed by atoms with Crippen LogP contribution in [0.3, 0.4) is 0 Å². The molecule has 2 aromatic rings. The summed E-state index contributed by atoms with van der Waals surface area (Å²) in [6, 6.07) is 2.63. The fraction of sp³-hybridized carbons (Fsp3) is 0.350. The van der Waals surface area contributed by atoms with Crippen LogP contribution in [0.2, 0.25) is 0 Å². The van der Waals surface area contributed by atoms with E-state index in [1.807, 2.05) is 30.1 Å². The molecule has 2 aromatic heterocycles. The van der Waals surface area contributed by atoms with Crippen LogP contribution in [-0.4, -0.2) is 14.3 Å². The van der Waals surface area contributed by atoms with Crippen LogP contribution in [-0.2, 0) is 7.05 Å². The fourth-order valence-electron chi connectivity index (χ4n) is 3.34. The van der Waals surface area contributed by atoms with Crippen LogP contribution in [0.1, 0.15) is 42.9 Å². The largest absolute Gasteiger partial charge is 0.350 e. The number of rotatable bonds is 5. The van der Waals surface area contributed by atoms with Crippen LogP contribution in [0.15, 0.2) is 61.7 Å². The highest BCUT2D eigenvalue weighted by Crippen LogP contribution is 2.35. The van der Waals surface area contributed by atoms with Crippen LogP contribution >= 0.6 is 0 Å². The summed E-state index contributed by atoms with van der Waals surface area (Å²) in [5.74, 6) is 1.11. The maximum atomic E-state index is 4.29. The SMILES string of the molecule is C=C/C=C/c1ccn([C@@H](C)C2C=CC(c3cnn(C)c3)CC2)c1. The number of nitrogens with zero attached hydrogens (tertiary/aromatic N) is 3. The Morgan fingerprint density at radius 3 is 2.83 bits per heavy atom. The van der Waals surface area contributed by atoms with Gasteiger partial charge < -0.3 is 4.57 Å². The van der Waals surface area contributed by atoms with Gasteiger partial charge in [0.1, 0.15) is 0 Å². The number of hydrogen-bond donors (Lipinski definition) is 0. The van der Waals surface area contributed by atoms with Gasteiger partial charge in [-0.3, -0.25) is 4.68 Å². The van der Waals surface area contributed by atoms with E-state index >= 15 is 0 Å². The zero-order valence-corrected chi connectivity index (χ0v) is 14.0. The van der Waals surface area contributed by atoms with E-state index in [2.05, 4.69) is 66.1 Å². The smallest absolute Gasteiger partial charge is 0.0527 e. The molecule has 0 aliphatic heterocycles. The van der Waals surface area contributed by atoms with Crippen molar-refractivity contribution in [2.45, 2.75) is 31.7 Å². The predicted octanol–water partition coefficient (Wildman–Crippen LogP) is 4.73. The third-order valence-electron chi connectivity index (χ3n) is 4.81. The first kappa shape index (κ1) is 15.6. The molecule has 0 saturated heterocycles. The standard InChI is InChI=1S/C20H25N3/c1-4-5-6-17-11-12-23(14-17)16(2)18-7-9-19(10-8-18)20-13-21-22(3)15-20/h4-7,9,11-16,18-19H,1,8,10H2,2-3H3/b6-5+/t16-,18?,19?/m0/s1. The highest BCUT2D eigenvalue weighted by atomic mass is 15.2. The molecule has 0 saturated carbocycles. The Hall–Kier alpha value is -2.29. The second kappa shape index (κ2) is 6.86. The van der Waals surface area contributed by atoms with Gasteiger partial charge in [-0.25, -0.2) is 0 Å². The second-order valence-electron chi connectivity index (χ2n) is 6.41. The molecule has 1 aliphatic carbocycles. The van der Waals surface area contributed by atoms with E-state index in [0.717, 1.165) is 0 Å². The molecule has 0 aromatic carbocycles. The van der Waals surface area contributed by atoms with Gasteiger partial charge in [0.15, 0.2) is 0 Å². The van der Waals surface area contributed by atoms with E-state index in [1.165, 1.54) is 24.0 Å². The molecule has 3 rings (SSSR count). The summed E-state index contributed by atoms with van der Waals surface area (Å²) in [5.41, 5.74) is 2.55. The average molecular weight is 307 g/mol. The Kier molecular flexibility index (Phi) is 4.65. The van der Waals surface area contributed by atoms with Gasteiger partial charge in [0, 0.05) is 37.6 Å². The van der Waals surface area contributed by atoms with E-state index in [9.17, 15) is 0 Å². The minimum Gasteiger partial charge on any atom is -0.350 e. The third-order valence-corrected chi connectivity index (χ3v) is 4.81. The molecule has 0 radical (unpaired) electrons. The molecule has 3 atom stereocenters. The number of aromatic nitrogens is 3. The molecule has 2 unspecified atom stereocenters. The van der Waals surface area contributed by atoms with Crippen LogP contribution in [0.4, 0.5) is 0 Å². The van der Waals surface area contributed by atoms with Crippen molar-refractivity contribution in [1.29, 1.82) is 0 Å². The van der Waals surface area contributed by atoms with Crippen LogP contribution in [0.5, 0.6) is 0 Å². The van der Waals surface area contributed by atoms with Gasteiger partial charge >= 0.3 is 0 Å². The van der Waals surface area contributed by atoms with Crippen molar-refractivity contribution in [3.63, 3.8) is 0 Å². The van der Waals surface area contributed by atoms with Crippen LogP contribution < -0.4 is 0 Å². The van der Waals surface area contributed by atoms with Crippen molar-refractivity contribution in [2.75, 3.05) is 0 Å². The Morgan fingerprint density at radius 2 is 2.17 bits per heavy atom. The minimum absolute atomic E-state index is 0.479. The molecule has 1 aliphatic rings. The molecular weight excluding hydrogens is 282 g/mol. The summed E-state index contributed by atoms with van der Waals surface area (Å²) in [4.78, 5) is 0. The first-order chi connectivity index (χ1) is 11.2. The fourth-order valence-corrected chi connectivity index (χ4v) is 3.34. The monoisotopic (exact) mass is 307 g/mol. The van der Waals surface area contributed by atoms with E-state index < -0.39 is 0 Å². The molecule has 0 N–H and O–H groups in total. The van der Waals surface area contributed by atoms with Gasteiger partial charge in [0.2, 0.25) is 0 Å². The molecule has 3 heteroatoms. The van der Waals surface area contributed by atoms with Gasteiger partial charge in [-0.1, -0.05) is 37.0 Å². The lowest BCUT2D eigenvalue weighted by molar-refractivity contribution is 0.369. The zero-order valence-electron chi connectivity index (χ0n) is 14.0. The number of hydrogen-bond acceptors (Lipinski definition) is 1. The maximum absolute atomic E-state index is 4.29. The minimum atomic E-state index is 0.479. The van der Waals surface area contributed by atoms with Gasteiger partial charge in [-0.2, -0.15) is 5.10 Å². The molecule has 0 bridgehead atoms. The Labute approximate surface area is 138 Å². The first-order valence-corrected chi connectivity index (χ1v) is 8.31. The van der Waals surface area contributed by atoms with Gasteiger partial charge in [0.05, 0.1) is 6.20 Å². The van der Waals surface area contributed by atoms with Crippen molar-refractivity contribution in [3.8, 4) is 0 Å². The highest BCUT2D eigenvalue weighted by Gasteiger charge is 2.23. The van der Waals surface area contributed by atoms with E-state index in [1.54, 1.807) is 0 Å². The molecule has 0 amide bonds. The molecule has 120 valence electrons. The number of allylic oxidation sites excluding steroid dienone is 4. The maximum Gasteiger partial charge on any atom is 0.0527 e. The third kappa shape index (κ3) is 3.55. The highest BCUT2D eigenvalue weighted by molar-refractivity contribution is 5.49. The summed E-state index contributed by atoms with van der Waals surface area (Å²) in [5, 5.41) is 4.29. The van der Waals surface area contributed by atoms with Crippen LogP contribution in [0.25, 0.3) is 6.08 Å². The topological polar surface area (TPSA) is 22.8 Å². The summed E-state index contributed by atoms with van der Waals surface area (Å²) in [6.45, 7) is 6.02. The Morgan fingerprint density at radius 1 is 1.30 bits per heavy atom. The number of aryl methyl sites for hydroxylation is 1. The molecule has 3 nitrogen and oxygen atoms in total. The second-order valence-corrected chi connectivity index (χ2v) is 6.41. The van der Waals surface area contributed by atoms with Gasteiger partial charge in [-0.05, 0) is 42.9 Å². The summed E-state index contributed by atoms with van der Waals surface area (Å²) >= 11 is 0. The van der Waals surface area contributed by atoms with Crippen molar-refractivity contribution >= 4 is 6.08 Å². The van der Waals surface area contributed by atoms with Crippen molar-refractivity contribution in [2.24, 2.45) is 13.0 Å². The lowest BCUT2D eigenvalue weighted by Gasteiger charge is -2.28. The Balaban J connectivity index is 1.67. The lowest BCUT2D eigenvalue weighted by Crippen LogP contribution is -2.17. The molecule has 2 heterocycles.